The van der Waals surface area contributed by atoms with Gasteiger partial charge in [-0.15, -0.1) is 0 Å². The predicted octanol–water partition coefficient (Wildman–Crippen LogP) is 2.54. The minimum atomic E-state index is -3.80. The Hall–Kier alpha value is -2.17. The average molecular weight is 459 g/mol. The molecule has 0 radical (unpaired) electrons. The van der Waals surface area contributed by atoms with E-state index in [1.54, 1.807) is 17.0 Å². The Balaban J connectivity index is 1.92. The third-order valence-corrected chi connectivity index (χ3v) is 5.34. The molecule has 0 aliphatic rings. The van der Waals surface area contributed by atoms with Crippen molar-refractivity contribution >= 4 is 56.4 Å². The zero-order chi connectivity index (χ0) is 21.6. The van der Waals surface area contributed by atoms with Gasteiger partial charge in [0.15, 0.2) is 0 Å². The number of nitrogens with one attached hydrogen (secondary N) is 2. The van der Waals surface area contributed by atoms with Gasteiger partial charge in [0.1, 0.15) is 0 Å². The van der Waals surface area contributed by atoms with Crippen LogP contribution in [0.5, 0.6) is 0 Å². The number of carbonyl (C=O) groups excluding carboxylic acids is 2. The molecule has 0 saturated heterocycles. The molecule has 0 aliphatic carbocycles. The van der Waals surface area contributed by atoms with Gasteiger partial charge in [0.05, 0.1) is 28.7 Å². The highest BCUT2D eigenvalue weighted by Crippen LogP contribution is 2.25. The van der Waals surface area contributed by atoms with Crippen LogP contribution in [0.25, 0.3) is 0 Å². The Kier molecular flexibility index (Phi) is 8.00. The number of anilines is 2. The van der Waals surface area contributed by atoms with Crippen molar-refractivity contribution in [1.29, 1.82) is 0 Å². The summed E-state index contributed by atoms with van der Waals surface area (Å²) in [5.41, 5.74) is 0.799. The minimum Gasteiger partial charge on any atom is -0.325 e. The lowest BCUT2D eigenvalue weighted by Gasteiger charge is -2.19. The number of nitrogens with two attached hydrogens (primary N) is 1. The van der Waals surface area contributed by atoms with E-state index in [2.05, 4.69) is 10.6 Å². The molecule has 0 saturated carbocycles. The molecule has 0 bridgehead atoms. The summed E-state index contributed by atoms with van der Waals surface area (Å²) >= 11 is 11.9. The number of nitrogens with zero attached hydrogens (tertiary/aromatic N) is 1. The molecule has 0 spiro atoms. The molecule has 2 aromatic carbocycles. The average Bonchev–Trinajstić information content (AvgIpc) is 2.63. The van der Waals surface area contributed by atoms with Crippen molar-refractivity contribution in [3.8, 4) is 0 Å². The molecule has 2 amide bonds. The summed E-state index contributed by atoms with van der Waals surface area (Å²) in [6.45, 7) is 2.20. The summed E-state index contributed by atoms with van der Waals surface area (Å²) < 4.78 is 22.5. The number of benzene rings is 2. The Labute approximate surface area is 179 Å². The van der Waals surface area contributed by atoms with Crippen molar-refractivity contribution in [2.75, 3.05) is 30.3 Å². The number of carbonyl (C=O) groups is 2. The number of rotatable bonds is 8. The second-order valence-electron chi connectivity index (χ2n) is 6.09. The summed E-state index contributed by atoms with van der Waals surface area (Å²) in [7, 11) is -3.80. The Morgan fingerprint density at radius 1 is 1.00 bits per heavy atom. The summed E-state index contributed by atoms with van der Waals surface area (Å²) in [4.78, 5) is 26.1. The molecule has 29 heavy (non-hydrogen) atoms. The summed E-state index contributed by atoms with van der Waals surface area (Å²) in [6, 6.07) is 10.2. The third kappa shape index (κ3) is 7.30. The third-order valence-electron chi connectivity index (χ3n) is 3.85. The van der Waals surface area contributed by atoms with Crippen LogP contribution in [0.4, 0.5) is 11.4 Å². The lowest BCUT2D eigenvalue weighted by atomic mass is 10.3. The number of amides is 2. The smallest absolute Gasteiger partial charge is 0.238 e. The molecule has 0 fully saturated rings. The molecule has 156 valence electrons. The maximum Gasteiger partial charge on any atom is 0.238 e. The number of hydrogen-bond acceptors (Lipinski definition) is 5. The maximum atomic E-state index is 12.3. The SMILES string of the molecule is CCN(CC(=O)Nc1ccc(S(N)(=O)=O)cc1)CC(=O)Nc1cc(Cl)ccc1Cl. The fourth-order valence-corrected chi connectivity index (χ4v) is 3.25. The number of sulfonamides is 1. The topological polar surface area (TPSA) is 122 Å². The van der Waals surface area contributed by atoms with E-state index >= 15 is 0 Å². The lowest BCUT2D eigenvalue weighted by molar-refractivity contribution is -0.119. The molecule has 0 aliphatic heterocycles. The highest BCUT2D eigenvalue weighted by atomic mass is 35.5. The van der Waals surface area contributed by atoms with Crippen molar-refractivity contribution in [3.63, 3.8) is 0 Å². The lowest BCUT2D eigenvalue weighted by Crippen LogP contribution is -2.38. The van der Waals surface area contributed by atoms with Gasteiger partial charge in [-0.05, 0) is 49.0 Å². The maximum absolute atomic E-state index is 12.3. The van der Waals surface area contributed by atoms with E-state index in [4.69, 9.17) is 28.3 Å². The number of halogens is 2. The Bertz CT molecular complexity index is 997. The van der Waals surface area contributed by atoms with Crippen LogP contribution >= 0.6 is 23.2 Å². The van der Waals surface area contributed by atoms with Crippen molar-refractivity contribution < 1.29 is 18.0 Å². The number of primary sulfonamides is 1. The van der Waals surface area contributed by atoms with Gasteiger partial charge in [0.25, 0.3) is 0 Å². The normalized spacial score (nSPS) is 11.3. The highest BCUT2D eigenvalue weighted by Gasteiger charge is 2.15. The second kappa shape index (κ2) is 10.0. The van der Waals surface area contributed by atoms with Gasteiger partial charge in [-0.2, -0.15) is 0 Å². The first kappa shape index (κ1) is 23.1. The predicted molar refractivity (Wildman–Crippen MR) is 114 cm³/mol. The van der Waals surface area contributed by atoms with Crippen molar-refractivity contribution in [2.45, 2.75) is 11.8 Å². The van der Waals surface area contributed by atoms with Crippen LogP contribution in [-0.2, 0) is 19.6 Å². The van der Waals surface area contributed by atoms with Crippen LogP contribution < -0.4 is 15.8 Å². The Morgan fingerprint density at radius 3 is 2.14 bits per heavy atom. The van der Waals surface area contributed by atoms with Gasteiger partial charge in [0.2, 0.25) is 21.8 Å². The molecule has 2 rings (SSSR count). The quantitative estimate of drug-likeness (QED) is 0.560. The molecular formula is C18H20Cl2N4O4S. The van der Waals surface area contributed by atoms with Gasteiger partial charge >= 0.3 is 0 Å². The van der Waals surface area contributed by atoms with E-state index in [-0.39, 0.29) is 29.8 Å². The first-order valence-corrected chi connectivity index (χ1v) is 10.8. The molecule has 0 heterocycles. The number of likely N-dealkylation sites (N-methyl/N-ethyl adjacent to an activating group) is 1. The van der Waals surface area contributed by atoms with Crippen LogP contribution in [0.2, 0.25) is 10.0 Å². The van der Waals surface area contributed by atoms with E-state index in [0.717, 1.165) is 0 Å². The van der Waals surface area contributed by atoms with Gasteiger partial charge in [-0.3, -0.25) is 14.5 Å². The van der Waals surface area contributed by atoms with E-state index < -0.39 is 10.0 Å². The van der Waals surface area contributed by atoms with Crippen LogP contribution in [-0.4, -0.2) is 44.8 Å². The van der Waals surface area contributed by atoms with Crippen molar-refractivity contribution in [1.82, 2.24) is 4.90 Å². The fourth-order valence-electron chi connectivity index (χ4n) is 2.40. The molecule has 0 atom stereocenters. The molecule has 8 nitrogen and oxygen atoms in total. The van der Waals surface area contributed by atoms with Gasteiger partial charge < -0.3 is 10.6 Å². The highest BCUT2D eigenvalue weighted by molar-refractivity contribution is 7.89. The zero-order valence-corrected chi connectivity index (χ0v) is 17.8. The molecule has 11 heteroatoms. The van der Waals surface area contributed by atoms with Gasteiger partial charge in [-0.1, -0.05) is 30.1 Å². The standard InChI is InChI=1S/C18H20Cl2N4O4S/c1-2-24(11-18(26)23-16-9-12(19)3-8-15(16)20)10-17(25)22-13-4-6-14(7-5-13)29(21,27)28/h3-9H,2,10-11H2,1H3,(H,22,25)(H,23,26)(H2,21,27,28). The molecule has 2 aromatic rings. The van der Waals surface area contributed by atoms with E-state index in [0.29, 0.717) is 28.0 Å². The zero-order valence-electron chi connectivity index (χ0n) is 15.5. The van der Waals surface area contributed by atoms with Crippen LogP contribution in [0.3, 0.4) is 0 Å². The molecular weight excluding hydrogens is 439 g/mol. The van der Waals surface area contributed by atoms with Crippen LogP contribution in [0.15, 0.2) is 47.4 Å². The molecule has 0 aromatic heterocycles. The Morgan fingerprint density at radius 2 is 1.59 bits per heavy atom. The summed E-state index contributed by atoms with van der Waals surface area (Å²) in [6.07, 6.45) is 0. The second-order valence-corrected chi connectivity index (χ2v) is 8.50. The fraction of sp³-hybridized carbons (Fsp3) is 0.222. The molecule has 0 unspecified atom stereocenters. The van der Waals surface area contributed by atoms with Crippen LogP contribution in [0, 0.1) is 0 Å². The molecule has 4 N–H and O–H groups in total. The van der Waals surface area contributed by atoms with Crippen molar-refractivity contribution in [2.24, 2.45) is 5.14 Å². The summed E-state index contributed by atoms with van der Waals surface area (Å²) in [5.74, 6) is -0.704. The van der Waals surface area contributed by atoms with Crippen molar-refractivity contribution in [3.05, 3.63) is 52.5 Å². The van der Waals surface area contributed by atoms with E-state index in [9.17, 15) is 18.0 Å². The minimum absolute atomic E-state index is 0.0306. The largest absolute Gasteiger partial charge is 0.325 e. The number of hydrogen-bond donors (Lipinski definition) is 3. The summed E-state index contributed by atoms with van der Waals surface area (Å²) in [5, 5.41) is 11.1. The van der Waals surface area contributed by atoms with Crippen LogP contribution in [0.1, 0.15) is 6.92 Å². The van der Waals surface area contributed by atoms with Gasteiger partial charge in [0, 0.05) is 10.7 Å². The van der Waals surface area contributed by atoms with E-state index in [1.807, 2.05) is 6.92 Å². The first-order valence-electron chi connectivity index (χ1n) is 8.48. The first-order chi connectivity index (χ1) is 13.6. The van der Waals surface area contributed by atoms with E-state index in [1.165, 1.54) is 30.3 Å². The monoisotopic (exact) mass is 458 g/mol. The van der Waals surface area contributed by atoms with Gasteiger partial charge in [-0.25, -0.2) is 13.6 Å².